The van der Waals surface area contributed by atoms with Gasteiger partial charge in [0.05, 0.1) is 22.5 Å². The second-order valence-electron chi connectivity index (χ2n) is 13.8. The van der Waals surface area contributed by atoms with Crippen LogP contribution in [-0.4, -0.2) is 62.1 Å². The number of thiazole rings is 1. The lowest BCUT2D eigenvalue weighted by Gasteiger charge is -2.35. The fourth-order valence-electron chi connectivity index (χ4n) is 5.98. The first-order chi connectivity index (χ1) is 25.0. The average molecular weight is 783 g/mol. The predicted molar refractivity (Wildman–Crippen MR) is 200 cm³/mol. The molecule has 3 amide bonds. The summed E-state index contributed by atoms with van der Waals surface area (Å²) in [6, 6.07) is 21.4. The van der Waals surface area contributed by atoms with Gasteiger partial charge in [0, 0.05) is 29.4 Å². The van der Waals surface area contributed by atoms with Crippen molar-refractivity contribution in [3.8, 4) is 10.4 Å². The van der Waals surface area contributed by atoms with E-state index in [1.807, 2.05) is 60.7 Å². The second-order valence-corrected chi connectivity index (χ2v) is 17.5. The first kappa shape index (κ1) is 38.4. The van der Waals surface area contributed by atoms with Gasteiger partial charge in [-0.25, -0.2) is 4.98 Å². The van der Waals surface area contributed by atoms with E-state index in [4.69, 9.17) is 4.74 Å². The molecule has 0 spiro atoms. The van der Waals surface area contributed by atoms with Crippen molar-refractivity contribution in [1.82, 2.24) is 15.2 Å². The van der Waals surface area contributed by atoms with Crippen molar-refractivity contribution in [1.29, 1.82) is 0 Å². The molecule has 11 nitrogen and oxygen atoms in total. The highest BCUT2D eigenvalue weighted by molar-refractivity contribution is 7.52. The molecule has 1 aliphatic heterocycles. The summed E-state index contributed by atoms with van der Waals surface area (Å²) in [7, 11) is -5.80. The smallest absolute Gasteiger partial charge is 0.372 e. The van der Waals surface area contributed by atoms with Crippen molar-refractivity contribution < 1.29 is 42.3 Å². The Morgan fingerprint density at radius 1 is 1.00 bits per heavy atom. The maximum Gasteiger partial charge on any atom is 0.399 e. The van der Waals surface area contributed by atoms with Crippen molar-refractivity contribution in [2.75, 3.05) is 11.9 Å². The first-order valence-corrected chi connectivity index (χ1v) is 19.8. The number of likely N-dealkylation sites (tertiary alicyclic amines) is 1. The number of hydrogen-bond donors (Lipinski definition) is 4. The van der Waals surface area contributed by atoms with E-state index in [2.05, 4.69) is 15.6 Å². The Morgan fingerprint density at radius 2 is 1.68 bits per heavy atom. The van der Waals surface area contributed by atoms with E-state index in [0.29, 0.717) is 9.83 Å². The third-order valence-electron chi connectivity index (χ3n) is 8.81. The molecule has 3 atom stereocenters. The number of hydrogen-bond acceptors (Lipinski definition) is 8. The van der Waals surface area contributed by atoms with Gasteiger partial charge >= 0.3 is 13.3 Å². The van der Waals surface area contributed by atoms with Crippen molar-refractivity contribution in [2.24, 2.45) is 5.41 Å². The third-order valence-corrected chi connectivity index (χ3v) is 11.9. The van der Waals surface area contributed by atoms with Gasteiger partial charge < -0.3 is 30.1 Å². The van der Waals surface area contributed by atoms with Crippen LogP contribution in [0.3, 0.4) is 0 Å². The number of alkyl halides is 2. The Hall–Kier alpha value is -4.37. The van der Waals surface area contributed by atoms with Crippen LogP contribution in [0, 0.1) is 5.41 Å². The SMILES string of the molecule is CC(C)(C)[C@H](NC(=O)c1cc2cc(C(F)(F)P(=O)(O)O)ccc2s1)C(=O)N1C[C@H](OCc2ccccc2)C[C@H]1C(=O)Nc1ncc(-c2ccccc2)s1. The number of nitrogens with one attached hydrogen (secondary N) is 2. The lowest BCUT2D eigenvalue weighted by Crippen LogP contribution is -2.57. The van der Waals surface area contributed by atoms with Crippen LogP contribution < -0.4 is 10.6 Å². The zero-order valence-electron chi connectivity index (χ0n) is 28.9. The van der Waals surface area contributed by atoms with Crippen molar-refractivity contribution >= 4 is 63.2 Å². The minimum Gasteiger partial charge on any atom is -0.372 e. The lowest BCUT2D eigenvalue weighted by atomic mass is 9.85. The Kier molecular flexibility index (Phi) is 11.0. The number of rotatable bonds is 11. The molecule has 3 heterocycles. The number of fused-ring (bicyclic) bond motifs is 1. The Morgan fingerprint density at radius 3 is 2.34 bits per heavy atom. The molecular weight excluding hydrogens is 746 g/mol. The minimum absolute atomic E-state index is 0.0821. The van der Waals surface area contributed by atoms with E-state index in [-0.39, 0.29) is 29.8 Å². The summed E-state index contributed by atoms with van der Waals surface area (Å²) < 4.78 is 46.9. The number of anilines is 1. The number of benzene rings is 3. The van der Waals surface area contributed by atoms with Crippen LogP contribution in [0.5, 0.6) is 0 Å². The van der Waals surface area contributed by atoms with Crippen LogP contribution in [0.15, 0.2) is 91.1 Å². The van der Waals surface area contributed by atoms with E-state index in [0.717, 1.165) is 39.5 Å². The summed E-state index contributed by atoms with van der Waals surface area (Å²) in [6.07, 6.45) is 1.37. The number of amides is 3. The zero-order valence-corrected chi connectivity index (χ0v) is 31.4. The normalized spacial score (nSPS) is 17.2. The zero-order chi connectivity index (χ0) is 38.1. The molecule has 278 valence electrons. The summed E-state index contributed by atoms with van der Waals surface area (Å²) in [5, 5.41) is 6.22. The molecule has 2 aromatic heterocycles. The molecule has 16 heteroatoms. The van der Waals surface area contributed by atoms with Crippen LogP contribution in [0.4, 0.5) is 13.9 Å². The largest absolute Gasteiger partial charge is 0.399 e. The Balaban J connectivity index is 1.23. The first-order valence-electron chi connectivity index (χ1n) is 16.6. The molecule has 0 saturated carbocycles. The number of carbonyl (C=O) groups is 3. The van der Waals surface area contributed by atoms with Gasteiger partial charge in [0.25, 0.3) is 5.91 Å². The topological polar surface area (TPSA) is 158 Å². The van der Waals surface area contributed by atoms with Gasteiger partial charge in [0.2, 0.25) is 11.8 Å². The molecule has 5 aromatic rings. The highest BCUT2D eigenvalue weighted by Gasteiger charge is 2.50. The molecule has 6 rings (SSSR count). The molecule has 1 aliphatic rings. The number of thiophene rings is 1. The third kappa shape index (κ3) is 8.56. The summed E-state index contributed by atoms with van der Waals surface area (Å²) in [6.45, 7) is 5.66. The number of aromatic nitrogens is 1. The monoisotopic (exact) mass is 782 g/mol. The number of carbonyl (C=O) groups excluding carboxylic acids is 3. The minimum atomic E-state index is -5.80. The van der Waals surface area contributed by atoms with Crippen molar-refractivity contribution in [3.05, 3.63) is 107 Å². The summed E-state index contributed by atoms with van der Waals surface area (Å²) >= 11 is 2.27. The predicted octanol–water partition coefficient (Wildman–Crippen LogP) is 7.22. The van der Waals surface area contributed by atoms with Crippen LogP contribution in [0.1, 0.15) is 48.0 Å². The van der Waals surface area contributed by atoms with E-state index in [1.54, 1.807) is 27.0 Å². The lowest BCUT2D eigenvalue weighted by molar-refractivity contribution is -0.140. The Bertz CT molecular complexity index is 2170. The van der Waals surface area contributed by atoms with E-state index < -0.39 is 60.1 Å². The molecule has 4 N–H and O–H groups in total. The number of ether oxygens (including phenoxy) is 1. The molecule has 1 fully saturated rings. The summed E-state index contributed by atoms with van der Waals surface area (Å²) in [5.74, 6) is -1.62. The quantitative estimate of drug-likeness (QED) is 0.102. The number of nitrogens with zero attached hydrogens (tertiary/aromatic N) is 2. The molecule has 3 aromatic carbocycles. The molecular formula is C37H37F2N4O7PS2. The number of halogens is 2. The maximum atomic E-state index is 14.5. The summed E-state index contributed by atoms with van der Waals surface area (Å²) in [5.41, 5.74) is -4.27. The van der Waals surface area contributed by atoms with Crippen LogP contribution in [0.2, 0.25) is 0 Å². The van der Waals surface area contributed by atoms with Crippen LogP contribution in [-0.2, 0) is 31.2 Å². The average Bonchev–Trinajstić information content (AvgIpc) is 3.88. The van der Waals surface area contributed by atoms with Crippen molar-refractivity contribution in [3.63, 3.8) is 0 Å². The molecule has 0 radical (unpaired) electrons. The van der Waals surface area contributed by atoms with E-state index in [9.17, 15) is 37.5 Å². The Labute approximate surface area is 312 Å². The highest BCUT2D eigenvalue weighted by atomic mass is 32.1. The molecule has 0 bridgehead atoms. The van der Waals surface area contributed by atoms with Crippen molar-refractivity contribution in [2.45, 2.75) is 57.7 Å². The fraction of sp³-hybridized carbons (Fsp3) is 0.297. The molecule has 0 aliphatic carbocycles. The maximum absolute atomic E-state index is 14.5. The van der Waals surface area contributed by atoms with Crippen LogP contribution >= 0.6 is 30.3 Å². The fourth-order valence-corrected chi connectivity index (χ4v) is 8.23. The standard InChI is InChI=1S/C37H37F2N4O7PS2/c1-36(2,3)31(41-33(45)29-17-24-16-25(14-15-28(24)52-29)37(38,39)51(47,48)49)34(46)43-20-26(50-21-22-10-6-4-7-11-22)18-27(43)32(44)42-35-40-19-30(53-35)23-12-8-5-9-13-23/h4-17,19,26-27,31H,18,20-21H2,1-3H3,(H,41,45)(H,40,42,44)(H2,47,48,49)/t26-,27+,31-/m1/s1. The van der Waals surface area contributed by atoms with Crippen LogP contribution in [0.25, 0.3) is 20.5 Å². The summed E-state index contributed by atoms with van der Waals surface area (Å²) in [4.78, 5) is 67.1. The highest BCUT2D eigenvalue weighted by Crippen LogP contribution is 2.59. The molecule has 1 saturated heterocycles. The van der Waals surface area contributed by atoms with Gasteiger partial charge in [-0.2, -0.15) is 8.78 Å². The molecule has 0 unspecified atom stereocenters. The van der Waals surface area contributed by atoms with Gasteiger partial charge in [0.15, 0.2) is 5.13 Å². The van der Waals surface area contributed by atoms with E-state index in [1.165, 1.54) is 28.4 Å². The van der Waals surface area contributed by atoms with Gasteiger partial charge in [-0.05, 0) is 40.1 Å². The molecule has 53 heavy (non-hydrogen) atoms. The van der Waals surface area contributed by atoms with E-state index >= 15 is 0 Å². The van der Waals surface area contributed by atoms with Gasteiger partial charge in [-0.15, -0.1) is 11.3 Å². The van der Waals surface area contributed by atoms with Gasteiger partial charge in [-0.3, -0.25) is 18.9 Å². The van der Waals surface area contributed by atoms with Gasteiger partial charge in [0.1, 0.15) is 12.1 Å². The van der Waals surface area contributed by atoms with Gasteiger partial charge in [-0.1, -0.05) is 98.8 Å². The second kappa shape index (κ2) is 15.2.